The molecule has 3 nitrogen and oxygen atoms in total. The average molecular weight is 224 g/mol. The summed E-state index contributed by atoms with van der Waals surface area (Å²) in [5.74, 6) is 0.432. The van der Waals surface area contributed by atoms with Crippen molar-refractivity contribution in [3.05, 3.63) is 41.8 Å². The Balaban J connectivity index is 2.50. The van der Waals surface area contributed by atoms with Crippen molar-refractivity contribution < 1.29 is 9.53 Å². The third kappa shape index (κ3) is 1.70. The van der Waals surface area contributed by atoms with E-state index in [1.807, 2.05) is 6.07 Å². The molecule has 1 heterocycles. The molecule has 15 heavy (non-hydrogen) atoms. The van der Waals surface area contributed by atoms with E-state index in [0.717, 1.165) is 0 Å². The van der Waals surface area contributed by atoms with Gasteiger partial charge in [-0.3, -0.25) is 9.69 Å². The van der Waals surface area contributed by atoms with E-state index in [1.165, 1.54) is 11.2 Å². The molecule has 0 fully saturated rings. The Bertz CT molecular complexity index is 428. The third-order valence-electron chi connectivity index (χ3n) is 2.26. The first kappa shape index (κ1) is 10.1. The third-order valence-corrected chi connectivity index (χ3v) is 2.50. The lowest BCUT2D eigenvalue weighted by molar-refractivity contribution is 0.0830. The number of allylic oxidation sites excluding steroid dienone is 1. The predicted octanol–water partition coefficient (Wildman–Crippen LogP) is 2.58. The highest BCUT2D eigenvalue weighted by atomic mass is 35.5. The van der Waals surface area contributed by atoms with Crippen molar-refractivity contribution in [1.82, 2.24) is 4.90 Å². The van der Waals surface area contributed by atoms with E-state index in [-0.39, 0.29) is 11.9 Å². The van der Waals surface area contributed by atoms with E-state index in [9.17, 15) is 4.79 Å². The smallest absolute Gasteiger partial charge is 0.262 e. The summed E-state index contributed by atoms with van der Waals surface area (Å²) in [6.45, 7) is 1.78. The van der Waals surface area contributed by atoms with Gasteiger partial charge in [0.15, 0.2) is 0 Å². The number of hydrogen-bond donors (Lipinski definition) is 0. The summed E-state index contributed by atoms with van der Waals surface area (Å²) in [5, 5.41) is 0. The van der Waals surface area contributed by atoms with Gasteiger partial charge in [0, 0.05) is 0 Å². The molecule has 0 atom stereocenters. The van der Waals surface area contributed by atoms with Crippen LogP contribution < -0.4 is 4.74 Å². The number of rotatable bonds is 1. The number of fused-ring (bicyclic) bond motifs is 1. The maximum absolute atomic E-state index is 12.0. The molecule has 0 aromatic heterocycles. The van der Waals surface area contributed by atoms with Crippen LogP contribution in [0.4, 0.5) is 0 Å². The lowest BCUT2D eigenvalue weighted by atomic mass is 10.2. The molecule has 0 bridgehead atoms. The van der Waals surface area contributed by atoms with Gasteiger partial charge >= 0.3 is 0 Å². The van der Waals surface area contributed by atoms with E-state index >= 15 is 0 Å². The van der Waals surface area contributed by atoms with Crippen molar-refractivity contribution in [3.63, 3.8) is 0 Å². The quantitative estimate of drug-likeness (QED) is 0.541. The molecule has 78 valence electrons. The van der Waals surface area contributed by atoms with Crippen molar-refractivity contribution in [1.29, 1.82) is 0 Å². The number of carbonyl (C=O) groups is 1. The first-order valence-electron chi connectivity index (χ1n) is 4.54. The molecule has 0 aliphatic carbocycles. The molecule has 0 spiro atoms. The first-order valence-corrected chi connectivity index (χ1v) is 5.08. The van der Waals surface area contributed by atoms with E-state index in [0.29, 0.717) is 17.0 Å². The molecule has 1 aromatic carbocycles. The van der Waals surface area contributed by atoms with Gasteiger partial charge in [-0.05, 0) is 19.1 Å². The van der Waals surface area contributed by atoms with Gasteiger partial charge in [0.2, 0.25) is 0 Å². The average Bonchev–Trinajstić information content (AvgIpc) is 2.38. The summed E-state index contributed by atoms with van der Waals surface area (Å²) in [5.41, 5.74) is 1.23. The summed E-state index contributed by atoms with van der Waals surface area (Å²) < 4.78 is 5.38. The Morgan fingerprint density at radius 2 is 2.13 bits per heavy atom. The molecule has 0 saturated carbocycles. The molecule has 2 rings (SSSR count). The molecule has 0 N–H and O–H groups in total. The lowest BCUT2D eigenvalue weighted by Crippen LogP contribution is -2.27. The minimum atomic E-state index is -0.133. The topological polar surface area (TPSA) is 29.5 Å². The zero-order chi connectivity index (χ0) is 10.8. The summed E-state index contributed by atoms with van der Waals surface area (Å²) in [7, 11) is 0. The number of halogens is 1. The Morgan fingerprint density at radius 3 is 2.87 bits per heavy atom. The second-order valence-corrected chi connectivity index (χ2v) is 3.46. The lowest BCUT2D eigenvalue weighted by Gasteiger charge is -2.17. The van der Waals surface area contributed by atoms with Gasteiger partial charge in [-0.25, -0.2) is 0 Å². The van der Waals surface area contributed by atoms with Crippen LogP contribution in [0.1, 0.15) is 17.3 Å². The second kappa shape index (κ2) is 3.95. The molecular formula is C11H10ClNO2. The number of carbonyl (C=O) groups excluding carboxylic acids is 1. The van der Waals surface area contributed by atoms with Gasteiger partial charge in [0.25, 0.3) is 5.91 Å². The number of hydrogen-bond acceptors (Lipinski definition) is 2. The second-order valence-electron chi connectivity index (χ2n) is 3.23. The van der Waals surface area contributed by atoms with Crippen LogP contribution in [0.3, 0.4) is 0 Å². The van der Waals surface area contributed by atoms with Gasteiger partial charge in [0.05, 0.1) is 11.3 Å². The van der Waals surface area contributed by atoms with Crippen molar-refractivity contribution >= 4 is 17.5 Å². The van der Waals surface area contributed by atoms with Gasteiger partial charge in [-0.15, -0.1) is 11.6 Å². The van der Waals surface area contributed by atoms with Crippen LogP contribution in [0.25, 0.3) is 0 Å². The molecule has 1 aromatic rings. The molecular weight excluding hydrogens is 214 g/mol. The largest absolute Gasteiger partial charge is 0.462 e. The molecule has 0 unspecified atom stereocenters. The molecule has 1 aliphatic heterocycles. The van der Waals surface area contributed by atoms with Crippen LogP contribution in [0, 0.1) is 0 Å². The van der Waals surface area contributed by atoms with Crippen LogP contribution in [0.5, 0.6) is 5.75 Å². The number of alkyl halides is 1. The van der Waals surface area contributed by atoms with Crippen LogP contribution in [-0.2, 0) is 0 Å². The molecule has 0 radical (unpaired) electrons. The number of benzene rings is 1. The number of para-hydroxylation sites is 1. The number of amides is 1. The van der Waals surface area contributed by atoms with Crippen molar-refractivity contribution in [2.75, 3.05) is 6.00 Å². The summed E-state index contributed by atoms with van der Waals surface area (Å²) in [6, 6.07) is 7.23. The summed E-state index contributed by atoms with van der Waals surface area (Å²) in [4.78, 5) is 13.5. The Labute approximate surface area is 92.9 Å². The summed E-state index contributed by atoms with van der Waals surface area (Å²) >= 11 is 5.72. The fourth-order valence-electron chi connectivity index (χ4n) is 1.41. The zero-order valence-electron chi connectivity index (χ0n) is 8.24. The molecule has 0 saturated heterocycles. The minimum Gasteiger partial charge on any atom is -0.462 e. The Kier molecular flexibility index (Phi) is 2.64. The zero-order valence-corrected chi connectivity index (χ0v) is 8.99. The highest BCUT2D eigenvalue weighted by Crippen LogP contribution is 2.25. The van der Waals surface area contributed by atoms with Gasteiger partial charge < -0.3 is 4.74 Å². The van der Waals surface area contributed by atoms with Crippen LogP contribution in [-0.4, -0.2) is 16.8 Å². The fourth-order valence-corrected chi connectivity index (χ4v) is 1.71. The van der Waals surface area contributed by atoms with E-state index < -0.39 is 0 Å². The minimum absolute atomic E-state index is 0.124. The van der Waals surface area contributed by atoms with Crippen molar-refractivity contribution in [3.8, 4) is 5.75 Å². The maximum Gasteiger partial charge on any atom is 0.262 e. The van der Waals surface area contributed by atoms with E-state index in [2.05, 4.69) is 0 Å². The Hall–Kier alpha value is -1.48. The normalized spacial score (nSPS) is 15.2. The predicted molar refractivity (Wildman–Crippen MR) is 57.7 cm³/mol. The van der Waals surface area contributed by atoms with Crippen LogP contribution in [0.2, 0.25) is 0 Å². The van der Waals surface area contributed by atoms with E-state index in [1.54, 1.807) is 25.1 Å². The standard InChI is InChI=1S/C11H10ClNO2/c1-8-6-15-10-5-3-2-4-9(10)11(14)13(8)7-12/h2-6H,7H2,1H3. The van der Waals surface area contributed by atoms with Gasteiger partial charge in [0.1, 0.15) is 18.0 Å². The monoisotopic (exact) mass is 223 g/mol. The highest BCUT2D eigenvalue weighted by Gasteiger charge is 2.22. The first-order chi connectivity index (χ1) is 7.24. The van der Waals surface area contributed by atoms with Crippen LogP contribution >= 0.6 is 11.6 Å². The molecule has 4 heteroatoms. The number of nitrogens with zero attached hydrogens (tertiary/aromatic N) is 1. The van der Waals surface area contributed by atoms with Gasteiger partial charge in [-0.2, -0.15) is 0 Å². The van der Waals surface area contributed by atoms with Crippen molar-refractivity contribution in [2.45, 2.75) is 6.92 Å². The van der Waals surface area contributed by atoms with Crippen LogP contribution in [0.15, 0.2) is 36.2 Å². The fraction of sp³-hybridized carbons (Fsp3) is 0.182. The highest BCUT2D eigenvalue weighted by molar-refractivity contribution is 6.19. The SMILES string of the molecule is CC1=COc2ccccc2C(=O)N1CCl. The number of ether oxygens (including phenoxy) is 1. The van der Waals surface area contributed by atoms with Gasteiger partial charge in [-0.1, -0.05) is 12.1 Å². The summed E-state index contributed by atoms with van der Waals surface area (Å²) in [6.07, 6.45) is 1.53. The van der Waals surface area contributed by atoms with E-state index in [4.69, 9.17) is 16.3 Å². The maximum atomic E-state index is 12.0. The molecule has 1 aliphatic rings. The Morgan fingerprint density at radius 1 is 1.40 bits per heavy atom. The molecule has 1 amide bonds. The van der Waals surface area contributed by atoms with Crippen molar-refractivity contribution in [2.24, 2.45) is 0 Å².